The Morgan fingerprint density at radius 1 is 1.15 bits per heavy atom. The van der Waals surface area contributed by atoms with Crippen molar-refractivity contribution in [2.45, 2.75) is 50.7 Å². The second-order valence-corrected chi connectivity index (χ2v) is 9.11. The van der Waals surface area contributed by atoms with Crippen LogP contribution in [0.1, 0.15) is 64.5 Å². The summed E-state index contributed by atoms with van der Waals surface area (Å²) in [6, 6.07) is 9.85. The molecule has 2 aromatic rings. The van der Waals surface area contributed by atoms with E-state index < -0.39 is 11.9 Å². The van der Waals surface area contributed by atoms with E-state index in [2.05, 4.69) is 21.3 Å². The highest BCUT2D eigenvalue weighted by Gasteiger charge is 2.40. The molecule has 4 heterocycles. The van der Waals surface area contributed by atoms with Crippen LogP contribution in [0.3, 0.4) is 0 Å². The number of nitrogens with one attached hydrogen (secondary N) is 1. The maximum atomic E-state index is 15.1. The Bertz CT molecular complexity index is 1220. The van der Waals surface area contributed by atoms with Crippen molar-refractivity contribution >= 4 is 17.7 Å². The SMILES string of the molecule is N#Cc1cccc(CN2CCC(c3cc4c(cc3F)C(=O)N(C3CCC(=O)NC3=O)C4)CC2)n1. The number of aromatic nitrogens is 1. The highest BCUT2D eigenvalue weighted by atomic mass is 19.1. The average molecular weight is 461 g/mol. The number of halogens is 1. The van der Waals surface area contributed by atoms with Gasteiger partial charge in [0.15, 0.2) is 0 Å². The number of carbonyl (C=O) groups is 3. The predicted molar refractivity (Wildman–Crippen MR) is 119 cm³/mol. The molecule has 0 spiro atoms. The second kappa shape index (κ2) is 8.95. The first-order valence-corrected chi connectivity index (χ1v) is 11.5. The number of hydrogen-bond donors (Lipinski definition) is 1. The van der Waals surface area contributed by atoms with Crippen LogP contribution in [-0.4, -0.2) is 51.6 Å². The van der Waals surface area contributed by atoms with Crippen molar-refractivity contribution in [3.8, 4) is 6.07 Å². The van der Waals surface area contributed by atoms with E-state index in [9.17, 15) is 14.4 Å². The number of rotatable bonds is 4. The van der Waals surface area contributed by atoms with E-state index >= 15 is 4.39 Å². The molecular formula is C25H24FN5O3. The van der Waals surface area contributed by atoms with E-state index in [0.29, 0.717) is 23.4 Å². The van der Waals surface area contributed by atoms with Gasteiger partial charge in [0.05, 0.1) is 5.69 Å². The number of nitriles is 1. The molecule has 1 atom stereocenters. The van der Waals surface area contributed by atoms with Crippen LogP contribution in [0.15, 0.2) is 30.3 Å². The number of benzene rings is 1. The van der Waals surface area contributed by atoms with Gasteiger partial charge in [0.2, 0.25) is 11.8 Å². The first-order chi connectivity index (χ1) is 16.4. The molecule has 0 aliphatic carbocycles. The summed E-state index contributed by atoms with van der Waals surface area (Å²) < 4.78 is 15.1. The molecule has 3 amide bonds. The lowest BCUT2D eigenvalue weighted by Crippen LogP contribution is -2.52. The van der Waals surface area contributed by atoms with Crippen LogP contribution in [0.4, 0.5) is 4.39 Å². The third-order valence-corrected chi connectivity index (χ3v) is 6.98. The number of pyridine rings is 1. The van der Waals surface area contributed by atoms with Gasteiger partial charge in [-0.3, -0.25) is 24.6 Å². The number of hydrogen-bond acceptors (Lipinski definition) is 6. The summed E-state index contributed by atoms with van der Waals surface area (Å²) in [5.41, 5.74) is 2.88. The Morgan fingerprint density at radius 2 is 1.94 bits per heavy atom. The molecule has 0 bridgehead atoms. The van der Waals surface area contributed by atoms with Gasteiger partial charge < -0.3 is 4.90 Å². The maximum absolute atomic E-state index is 15.1. The average Bonchev–Trinajstić information content (AvgIpc) is 3.14. The minimum absolute atomic E-state index is 0.0414. The molecule has 1 aromatic carbocycles. The Kier molecular flexibility index (Phi) is 5.84. The van der Waals surface area contributed by atoms with Gasteiger partial charge in [0.25, 0.3) is 5.91 Å². The van der Waals surface area contributed by atoms with Crippen LogP contribution in [0.25, 0.3) is 0 Å². The number of fused-ring (bicyclic) bond motifs is 1. The molecule has 34 heavy (non-hydrogen) atoms. The minimum atomic E-state index is -0.708. The van der Waals surface area contributed by atoms with Crippen LogP contribution in [0.5, 0.6) is 0 Å². The topological polar surface area (TPSA) is 106 Å². The zero-order valence-electron chi connectivity index (χ0n) is 18.6. The molecule has 1 N–H and O–H groups in total. The molecule has 2 fully saturated rings. The van der Waals surface area contributed by atoms with Gasteiger partial charge in [-0.15, -0.1) is 0 Å². The van der Waals surface area contributed by atoms with Gasteiger partial charge in [0, 0.05) is 25.1 Å². The fraction of sp³-hybridized carbons (Fsp3) is 0.400. The molecule has 1 aromatic heterocycles. The molecular weight excluding hydrogens is 437 g/mol. The number of nitrogens with zero attached hydrogens (tertiary/aromatic N) is 4. The fourth-order valence-corrected chi connectivity index (χ4v) is 5.18. The largest absolute Gasteiger partial charge is 0.322 e. The van der Waals surface area contributed by atoms with Gasteiger partial charge in [0.1, 0.15) is 23.6 Å². The van der Waals surface area contributed by atoms with Crippen molar-refractivity contribution in [1.29, 1.82) is 5.26 Å². The van der Waals surface area contributed by atoms with Gasteiger partial charge in [-0.2, -0.15) is 5.26 Å². The van der Waals surface area contributed by atoms with Gasteiger partial charge in [-0.1, -0.05) is 12.1 Å². The number of amides is 3. The standard InChI is InChI=1S/C25H24FN5O3/c26-21-11-20-16(13-31(25(20)34)22-4-5-23(32)29-24(22)33)10-19(21)15-6-8-30(9-7-15)14-18-3-1-2-17(12-27)28-18/h1-3,10-11,15,22H,4-9,13-14H2,(H,29,32,33). The molecule has 0 radical (unpaired) electrons. The Morgan fingerprint density at radius 3 is 2.68 bits per heavy atom. The van der Waals surface area contributed by atoms with Crippen molar-refractivity contribution in [1.82, 2.24) is 20.1 Å². The van der Waals surface area contributed by atoms with Crippen molar-refractivity contribution in [3.63, 3.8) is 0 Å². The lowest BCUT2D eigenvalue weighted by molar-refractivity contribution is -0.136. The van der Waals surface area contributed by atoms with E-state index in [-0.39, 0.29) is 42.9 Å². The van der Waals surface area contributed by atoms with Gasteiger partial charge >= 0.3 is 0 Å². The quantitative estimate of drug-likeness (QED) is 0.700. The minimum Gasteiger partial charge on any atom is -0.322 e. The third kappa shape index (κ3) is 4.17. The van der Waals surface area contributed by atoms with Crippen LogP contribution in [-0.2, 0) is 22.7 Å². The Balaban J connectivity index is 1.26. The summed E-state index contributed by atoms with van der Waals surface area (Å²) in [4.78, 5) is 44.6. The van der Waals surface area contributed by atoms with E-state index in [4.69, 9.17) is 5.26 Å². The number of carbonyl (C=O) groups excluding carboxylic acids is 3. The summed E-state index contributed by atoms with van der Waals surface area (Å²) in [7, 11) is 0. The zero-order chi connectivity index (χ0) is 23.8. The molecule has 1 unspecified atom stereocenters. The summed E-state index contributed by atoms with van der Waals surface area (Å²) in [6.45, 7) is 2.44. The van der Waals surface area contributed by atoms with E-state index in [1.807, 2.05) is 12.1 Å². The highest BCUT2D eigenvalue weighted by molar-refractivity contribution is 6.05. The molecule has 0 saturated carbocycles. The number of piperidine rings is 2. The monoisotopic (exact) mass is 461 g/mol. The molecule has 2 saturated heterocycles. The van der Waals surface area contributed by atoms with Crippen LogP contribution < -0.4 is 5.32 Å². The molecule has 5 rings (SSSR count). The van der Waals surface area contributed by atoms with E-state index in [1.165, 1.54) is 11.0 Å². The summed E-state index contributed by atoms with van der Waals surface area (Å²) in [6.07, 6.45) is 2.02. The van der Waals surface area contributed by atoms with Crippen molar-refractivity contribution < 1.29 is 18.8 Å². The maximum Gasteiger partial charge on any atom is 0.255 e. The summed E-state index contributed by atoms with van der Waals surface area (Å²) in [5, 5.41) is 11.3. The summed E-state index contributed by atoms with van der Waals surface area (Å²) >= 11 is 0. The van der Waals surface area contributed by atoms with E-state index in [0.717, 1.165) is 37.2 Å². The molecule has 174 valence electrons. The van der Waals surface area contributed by atoms with Crippen molar-refractivity contribution in [2.75, 3.05) is 13.1 Å². The van der Waals surface area contributed by atoms with E-state index in [1.54, 1.807) is 12.1 Å². The van der Waals surface area contributed by atoms with Crippen molar-refractivity contribution in [3.05, 3.63) is 64.2 Å². The Labute approximate surface area is 196 Å². The molecule has 3 aliphatic rings. The van der Waals surface area contributed by atoms with Crippen molar-refractivity contribution in [2.24, 2.45) is 0 Å². The normalized spacial score (nSPS) is 21.4. The second-order valence-electron chi connectivity index (χ2n) is 9.11. The predicted octanol–water partition coefficient (Wildman–Crippen LogP) is 2.23. The van der Waals surface area contributed by atoms with Crippen LogP contribution in [0, 0.1) is 17.1 Å². The summed E-state index contributed by atoms with van der Waals surface area (Å²) in [5.74, 6) is -1.52. The Hall–Kier alpha value is -3.64. The number of likely N-dealkylation sites (tertiary alicyclic amines) is 1. The smallest absolute Gasteiger partial charge is 0.255 e. The molecule has 3 aliphatic heterocycles. The highest BCUT2D eigenvalue weighted by Crippen LogP contribution is 2.35. The van der Waals surface area contributed by atoms with Gasteiger partial charge in [-0.05, 0) is 67.6 Å². The van der Waals surface area contributed by atoms with Crippen LogP contribution >= 0.6 is 0 Å². The first kappa shape index (κ1) is 22.2. The first-order valence-electron chi connectivity index (χ1n) is 11.5. The van der Waals surface area contributed by atoms with Gasteiger partial charge in [-0.25, -0.2) is 9.37 Å². The zero-order valence-corrected chi connectivity index (χ0v) is 18.6. The lowest BCUT2D eigenvalue weighted by Gasteiger charge is -2.32. The fourth-order valence-electron chi connectivity index (χ4n) is 5.18. The number of imide groups is 1. The molecule has 9 heteroatoms. The molecule has 8 nitrogen and oxygen atoms in total. The third-order valence-electron chi connectivity index (χ3n) is 6.98. The lowest BCUT2D eigenvalue weighted by atomic mass is 9.87. The van der Waals surface area contributed by atoms with Crippen LogP contribution in [0.2, 0.25) is 0 Å².